The van der Waals surface area contributed by atoms with E-state index in [9.17, 15) is 9.59 Å². The van der Waals surface area contributed by atoms with Gasteiger partial charge in [0, 0.05) is 18.7 Å². The second-order valence-corrected chi connectivity index (χ2v) is 6.16. The fourth-order valence-electron chi connectivity index (χ4n) is 2.63. The average molecular weight is 357 g/mol. The predicted octanol–water partition coefficient (Wildman–Crippen LogP) is 1.62. The minimum Gasteiger partial charge on any atom is -0.493 e. The van der Waals surface area contributed by atoms with Gasteiger partial charge in [0.15, 0.2) is 5.69 Å². The highest BCUT2D eigenvalue weighted by atomic mass is 16.5. The van der Waals surface area contributed by atoms with E-state index in [1.54, 1.807) is 29.8 Å². The Bertz CT molecular complexity index is 826. The van der Waals surface area contributed by atoms with Gasteiger partial charge in [0.2, 0.25) is 0 Å². The molecule has 0 unspecified atom stereocenters. The molecule has 1 aromatic heterocycles. The lowest BCUT2D eigenvalue weighted by Crippen LogP contribution is -2.26. The number of rotatable bonds is 7. The van der Waals surface area contributed by atoms with Gasteiger partial charge < -0.3 is 15.4 Å². The van der Waals surface area contributed by atoms with Gasteiger partial charge in [-0.2, -0.15) is 0 Å². The molecule has 138 valence electrons. The Balaban J connectivity index is 1.91. The number of carbonyl (C=O) groups is 2. The zero-order valence-electron chi connectivity index (χ0n) is 15.2. The molecule has 0 radical (unpaired) electrons. The van der Waals surface area contributed by atoms with Crippen LogP contribution in [0.25, 0.3) is 5.69 Å². The van der Waals surface area contributed by atoms with Gasteiger partial charge in [-0.3, -0.25) is 9.59 Å². The van der Waals surface area contributed by atoms with Gasteiger partial charge in [-0.15, -0.1) is 5.10 Å². The molecule has 1 heterocycles. The van der Waals surface area contributed by atoms with Crippen LogP contribution in [0, 0.1) is 6.92 Å². The van der Waals surface area contributed by atoms with Crippen LogP contribution >= 0.6 is 0 Å². The summed E-state index contributed by atoms with van der Waals surface area (Å²) < 4.78 is 7.20. The van der Waals surface area contributed by atoms with Crippen LogP contribution in [0.2, 0.25) is 0 Å². The van der Waals surface area contributed by atoms with Crippen LogP contribution in [0.3, 0.4) is 0 Å². The largest absolute Gasteiger partial charge is 0.493 e. The quantitative estimate of drug-likeness (QED) is 0.785. The number of hydrogen-bond donors (Lipinski definition) is 2. The van der Waals surface area contributed by atoms with Crippen LogP contribution in [0.5, 0.6) is 5.75 Å². The van der Waals surface area contributed by atoms with Crippen molar-refractivity contribution in [3.05, 3.63) is 35.2 Å². The lowest BCUT2D eigenvalue weighted by atomic mass is 10.1. The topological polar surface area (TPSA) is 98.1 Å². The summed E-state index contributed by atoms with van der Waals surface area (Å²) >= 11 is 0. The molecular formula is C18H23N5O3. The first kappa shape index (κ1) is 17.9. The molecule has 0 bridgehead atoms. The summed E-state index contributed by atoms with van der Waals surface area (Å²) in [4.78, 5) is 24.4. The van der Waals surface area contributed by atoms with Crippen LogP contribution in [0.15, 0.2) is 18.2 Å². The second-order valence-electron chi connectivity index (χ2n) is 6.16. The van der Waals surface area contributed by atoms with Gasteiger partial charge in [-0.05, 0) is 45.7 Å². The van der Waals surface area contributed by atoms with Gasteiger partial charge in [0.05, 0.1) is 23.6 Å². The molecule has 1 fully saturated rings. The van der Waals surface area contributed by atoms with Crippen molar-refractivity contribution in [2.24, 2.45) is 0 Å². The number of ether oxygens (including phenoxy) is 1. The molecule has 0 saturated heterocycles. The van der Waals surface area contributed by atoms with Crippen LogP contribution in [-0.4, -0.2) is 46.0 Å². The second kappa shape index (κ2) is 7.55. The van der Waals surface area contributed by atoms with Gasteiger partial charge >= 0.3 is 0 Å². The van der Waals surface area contributed by atoms with Gasteiger partial charge in [-0.1, -0.05) is 5.21 Å². The van der Waals surface area contributed by atoms with Crippen molar-refractivity contribution in [2.45, 2.75) is 39.7 Å². The monoisotopic (exact) mass is 357 g/mol. The predicted molar refractivity (Wildman–Crippen MR) is 95.8 cm³/mol. The zero-order chi connectivity index (χ0) is 18.7. The molecule has 2 amide bonds. The molecule has 1 saturated carbocycles. The Morgan fingerprint density at radius 1 is 1.27 bits per heavy atom. The Kier molecular flexibility index (Phi) is 5.20. The highest BCUT2D eigenvalue weighted by molar-refractivity contribution is 5.97. The molecule has 2 N–H and O–H groups in total. The summed E-state index contributed by atoms with van der Waals surface area (Å²) in [5.74, 6) is 0.0670. The Hall–Kier alpha value is -2.90. The number of carbonyl (C=O) groups excluding carboxylic acids is 2. The van der Waals surface area contributed by atoms with Crippen molar-refractivity contribution in [3.63, 3.8) is 0 Å². The first-order chi connectivity index (χ1) is 12.5. The first-order valence-corrected chi connectivity index (χ1v) is 8.83. The summed E-state index contributed by atoms with van der Waals surface area (Å²) in [5, 5.41) is 13.8. The maximum Gasteiger partial charge on any atom is 0.273 e. The maximum absolute atomic E-state index is 12.2. The Morgan fingerprint density at radius 2 is 2.04 bits per heavy atom. The van der Waals surface area contributed by atoms with Crippen molar-refractivity contribution >= 4 is 11.8 Å². The van der Waals surface area contributed by atoms with Gasteiger partial charge in [0.1, 0.15) is 5.75 Å². The number of benzene rings is 1. The van der Waals surface area contributed by atoms with Crippen molar-refractivity contribution in [1.29, 1.82) is 0 Å². The summed E-state index contributed by atoms with van der Waals surface area (Å²) in [6.45, 7) is 6.48. The van der Waals surface area contributed by atoms with E-state index in [2.05, 4.69) is 20.9 Å². The Morgan fingerprint density at radius 3 is 2.69 bits per heavy atom. The lowest BCUT2D eigenvalue weighted by Gasteiger charge is -2.12. The van der Waals surface area contributed by atoms with E-state index < -0.39 is 0 Å². The summed E-state index contributed by atoms with van der Waals surface area (Å²) in [6, 6.07) is 5.44. The zero-order valence-corrected chi connectivity index (χ0v) is 15.2. The lowest BCUT2D eigenvalue weighted by molar-refractivity contribution is 0.0939. The molecule has 0 aliphatic heterocycles. The Labute approximate surface area is 151 Å². The number of hydrogen-bond acceptors (Lipinski definition) is 5. The molecule has 1 aromatic carbocycles. The smallest absolute Gasteiger partial charge is 0.273 e. The minimum atomic E-state index is -0.208. The fraction of sp³-hybridized carbons (Fsp3) is 0.444. The first-order valence-electron chi connectivity index (χ1n) is 8.83. The third-order valence-electron chi connectivity index (χ3n) is 4.11. The molecule has 1 aliphatic rings. The molecule has 26 heavy (non-hydrogen) atoms. The van der Waals surface area contributed by atoms with Crippen molar-refractivity contribution in [2.75, 3.05) is 13.2 Å². The van der Waals surface area contributed by atoms with E-state index in [4.69, 9.17) is 4.74 Å². The SMILES string of the molecule is CCNC(=O)c1ccc(-n2nnc(C(=O)NC3CC3)c2C)cc1OCC. The van der Waals surface area contributed by atoms with Crippen molar-refractivity contribution < 1.29 is 14.3 Å². The number of amides is 2. The summed E-state index contributed by atoms with van der Waals surface area (Å²) in [6.07, 6.45) is 2.02. The van der Waals surface area contributed by atoms with Crippen LogP contribution in [-0.2, 0) is 0 Å². The standard InChI is InChI=1S/C18H23N5O3/c1-4-19-17(24)14-9-8-13(10-15(14)26-5-2)23-11(3)16(21-22-23)18(25)20-12-6-7-12/h8-10,12H,4-7H2,1-3H3,(H,19,24)(H,20,25). The molecule has 1 aliphatic carbocycles. The van der Waals surface area contributed by atoms with Crippen LogP contribution in [0.4, 0.5) is 0 Å². The van der Waals surface area contributed by atoms with Gasteiger partial charge in [-0.25, -0.2) is 4.68 Å². The number of nitrogens with zero attached hydrogens (tertiary/aromatic N) is 3. The molecular weight excluding hydrogens is 334 g/mol. The summed E-state index contributed by atoms with van der Waals surface area (Å²) in [7, 11) is 0. The highest BCUT2D eigenvalue weighted by Gasteiger charge is 2.26. The molecule has 0 spiro atoms. The van der Waals surface area contributed by atoms with Crippen LogP contribution < -0.4 is 15.4 Å². The number of aromatic nitrogens is 3. The van der Waals surface area contributed by atoms with Crippen molar-refractivity contribution in [1.82, 2.24) is 25.6 Å². The fourth-order valence-corrected chi connectivity index (χ4v) is 2.63. The molecule has 2 aromatic rings. The summed E-state index contributed by atoms with van der Waals surface area (Å²) in [5.41, 5.74) is 2.08. The molecule has 0 atom stereocenters. The van der Waals surface area contributed by atoms with E-state index in [-0.39, 0.29) is 17.9 Å². The van der Waals surface area contributed by atoms with Crippen LogP contribution in [0.1, 0.15) is 53.2 Å². The van der Waals surface area contributed by atoms with E-state index in [1.807, 2.05) is 13.8 Å². The third kappa shape index (κ3) is 3.68. The minimum absolute atomic E-state index is 0.192. The average Bonchev–Trinajstić information content (AvgIpc) is 3.34. The molecule has 8 nitrogen and oxygen atoms in total. The third-order valence-corrected chi connectivity index (χ3v) is 4.11. The van der Waals surface area contributed by atoms with Crippen molar-refractivity contribution in [3.8, 4) is 11.4 Å². The maximum atomic E-state index is 12.2. The molecule has 8 heteroatoms. The van der Waals surface area contributed by atoms with E-state index in [1.165, 1.54) is 0 Å². The number of nitrogens with one attached hydrogen (secondary N) is 2. The van der Waals surface area contributed by atoms with Gasteiger partial charge in [0.25, 0.3) is 11.8 Å². The van der Waals surface area contributed by atoms with E-state index in [0.717, 1.165) is 12.8 Å². The normalized spacial score (nSPS) is 13.3. The van der Waals surface area contributed by atoms with E-state index >= 15 is 0 Å². The van der Waals surface area contributed by atoms with E-state index in [0.29, 0.717) is 41.5 Å². The molecule has 3 rings (SSSR count). The highest BCUT2D eigenvalue weighted by Crippen LogP contribution is 2.24.